The quantitative estimate of drug-likeness (QED) is 0.890. The van der Waals surface area contributed by atoms with Crippen LogP contribution in [0.15, 0.2) is 30.3 Å². The number of amides is 1. The minimum absolute atomic E-state index is 0.172. The van der Waals surface area contributed by atoms with Gasteiger partial charge in [0.15, 0.2) is 0 Å². The average Bonchev–Trinajstić information content (AvgIpc) is 2.87. The van der Waals surface area contributed by atoms with Gasteiger partial charge in [0.1, 0.15) is 10.6 Å². The predicted molar refractivity (Wildman–Crippen MR) is 81.3 cm³/mol. The molecule has 1 heterocycles. The van der Waals surface area contributed by atoms with E-state index in [-0.39, 0.29) is 17.2 Å². The maximum absolute atomic E-state index is 12.0. The number of hydrogen-bond donors (Lipinski definition) is 2. The highest BCUT2D eigenvalue weighted by molar-refractivity contribution is 7.18. The smallest absolute Gasteiger partial charge is 0.345 e. The van der Waals surface area contributed by atoms with Crippen LogP contribution < -0.4 is 10.1 Å². The van der Waals surface area contributed by atoms with Crippen LogP contribution in [0.3, 0.4) is 0 Å². The fraction of sp³-hybridized carbons (Fsp3) is 0.200. The SMILES string of the molecule is COc1ccc(C)cc1CC(=O)Nc1ccc(C(=O)O)s1. The van der Waals surface area contributed by atoms with E-state index in [9.17, 15) is 9.59 Å². The summed E-state index contributed by atoms with van der Waals surface area (Å²) in [6.45, 7) is 1.94. The Balaban J connectivity index is 2.07. The van der Waals surface area contributed by atoms with Gasteiger partial charge in [-0.2, -0.15) is 0 Å². The third-order valence-corrected chi connectivity index (χ3v) is 3.85. The zero-order valence-electron chi connectivity index (χ0n) is 11.7. The standard InChI is InChI=1S/C15H15NO4S/c1-9-3-4-11(20-2)10(7-9)8-13(17)16-14-6-5-12(21-14)15(18)19/h3-7H,8H2,1-2H3,(H,16,17)(H,18,19). The van der Waals surface area contributed by atoms with Crippen molar-refractivity contribution in [1.29, 1.82) is 0 Å². The molecule has 6 heteroatoms. The summed E-state index contributed by atoms with van der Waals surface area (Å²) >= 11 is 1.03. The van der Waals surface area contributed by atoms with Crippen molar-refractivity contribution >= 4 is 28.2 Å². The maximum Gasteiger partial charge on any atom is 0.345 e. The highest BCUT2D eigenvalue weighted by atomic mass is 32.1. The lowest BCUT2D eigenvalue weighted by molar-refractivity contribution is -0.115. The first-order valence-electron chi connectivity index (χ1n) is 6.26. The largest absolute Gasteiger partial charge is 0.496 e. The van der Waals surface area contributed by atoms with Gasteiger partial charge in [-0.15, -0.1) is 11.3 Å². The maximum atomic E-state index is 12.0. The number of methoxy groups -OCH3 is 1. The Morgan fingerprint density at radius 3 is 2.67 bits per heavy atom. The molecule has 0 fully saturated rings. The number of rotatable bonds is 5. The second-order valence-electron chi connectivity index (χ2n) is 4.51. The summed E-state index contributed by atoms with van der Waals surface area (Å²) in [5.74, 6) is -0.549. The Morgan fingerprint density at radius 1 is 1.29 bits per heavy atom. The lowest BCUT2D eigenvalue weighted by Gasteiger charge is -2.09. The number of hydrogen-bond acceptors (Lipinski definition) is 4. The molecule has 0 radical (unpaired) electrons. The van der Waals surface area contributed by atoms with Crippen molar-refractivity contribution in [1.82, 2.24) is 0 Å². The van der Waals surface area contributed by atoms with Crippen LogP contribution in [0.25, 0.3) is 0 Å². The van der Waals surface area contributed by atoms with Crippen molar-refractivity contribution in [3.8, 4) is 5.75 Å². The molecule has 0 atom stereocenters. The van der Waals surface area contributed by atoms with E-state index in [4.69, 9.17) is 9.84 Å². The van der Waals surface area contributed by atoms with Crippen LogP contribution in [0.2, 0.25) is 0 Å². The number of benzene rings is 1. The average molecular weight is 305 g/mol. The van der Waals surface area contributed by atoms with Crippen molar-refractivity contribution < 1.29 is 19.4 Å². The summed E-state index contributed by atoms with van der Waals surface area (Å²) < 4.78 is 5.23. The lowest BCUT2D eigenvalue weighted by Crippen LogP contribution is -2.14. The summed E-state index contributed by atoms with van der Waals surface area (Å²) in [5, 5.41) is 12.1. The molecular formula is C15H15NO4S. The van der Waals surface area contributed by atoms with Gasteiger partial charge in [-0.3, -0.25) is 4.79 Å². The molecule has 0 saturated heterocycles. The van der Waals surface area contributed by atoms with E-state index in [2.05, 4.69) is 5.32 Å². The summed E-state index contributed by atoms with van der Waals surface area (Å²) in [4.78, 5) is 23.0. The zero-order chi connectivity index (χ0) is 15.4. The van der Waals surface area contributed by atoms with E-state index >= 15 is 0 Å². The van der Waals surface area contributed by atoms with Gasteiger partial charge in [0.05, 0.1) is 18.5 Å². The number of carbonyl (C=O) groups excluding carboxylic acids is 1. The molecular weight excluding hydrogens is 290 g/mol. The molecule has 2 rings (SSSR count). The summed E-state index contributed by atoms with van der Waals surface area (Å²) in [5.41, 5.74) is 1.84. The molecule has 0 unspecified atom stereocenters. The molecule has 0 aliphatic rings. The Hall–Kier alpha value is -2.34. The van der Waals surface area contributed by atoms with Crippen molar-refractivity contribution in [3.63, 3.8) is 0 Å². The van der Waals surface area contributed by atoms with Gasteiger partial charge in [-0.1, -0.05) is 17.7 Å². The van der Waals surface area contributed by atoms with Crippen LogP contribution in [0.4, 0.5) is 5.00 Å². The lowest BCUT2D eigenvalue weighted by atomic mass is 10.1. The molecule has 5 nitrogen and oxygen atoms in total. The number of thiophene rings is 1. The number of aromatic carboxylic acids is 1. The van der Waals surface area contributed by atoms with Gasteiger partial charge in [-0.25, -0.2) is 4.79 Å². The van der Waals surface area contributed by atoms with Gasteiger partial charge < -0.3 is 15.2 Å². The molecule has 1 aromatic carbocycles. The third-order valence-electron chi connectivity index (χ3n) is 2.87. The molecule has 0 saturated carbocycles. The molecule has 21 heavy (non-hydrogen) atoms. The fourth-order valence-corrected chi connectivity index (χ4v) is 2.68. The van der Waals surface area contributed by atoms with Gasteiger partial charge in [0.2, 0.25) is 5.91 Å². The molecule has 1 amide bonds. The monoisotopic (exact) mass is 305 g/mol. The molecule has 0 bridgehead atoms. The molecule has 2 aromatic rings. The van der Waals surface area contributed by atoms with E-state index in [1.54, 1.807) is 13.2 Å². The molecule has 0 aliphatic carbocycles. The van der Waals surface area contributed by atoms with Crippen molar-refractivity contribution in [2.45, 2.75) is 13.3 Å². The highest BCUT2D eigenvalue weighted by Crippen LogP contribution is 2.24. The second kappa shape index (κ2) is 6.41. The van der Waals surface area contributed by atoms with Gasteiger partial charge >= 0.3 is 5.97 Å². The Kier molecular flexibility index (Phi) is 4.59. The van der Waals surface area contributed by atoms with Crippen molar-refractivity contribution in [2.24, 2.45) is 0 Å². The molecule has 2 N–H and O–H groups in total. The Labute approximate surface area is 126 Å². The van der Waals surface area contributed by atoms with Crippen LogP contribution in [0, 0.1) is 6.92 Å². The van der Waals surface area contributed by atoms with E-state index in [0.29, 0.717) is 10.8 Å². The first kappa shape index (κ1) is 15.1. The van der Waals surface area contributed by atoms with E-state index in [1.807, 2.05) is 25.1 Å². The number of anilines is 1. The van der Waals surface area contributed by atoms with Crippen LogP contribution in [0.1, 0.15) is 20.8 Å². The Morgan fingerprint density at radius 2 is 2.05 bits per heavy atom. The van der Waals surface area contributed by atoms with E-state index < -0.39 is 5.97 Å². The summed E-state index contributed by atoms with van der Waals surface area (Å²) in [6, 6.07) is 8.69. The zero-order valence-corrected chi connectivity index (χ0v) is 12.5. The number of aryl methyl sites for hydroxylation is 1. The number of nitrogens with one attached hydrogen (secondary N) is 1. The molecule has 1 aromatic heterocycles. The highest BCUT2D eigenvalue weighted by Gasteiger charge is 2.12. The minimum atomic E-state index is -0.999. The van der Waals surface area contributed by atoms with Gasteiger partial charge in [-0.05, 0) is 25.1 Å². The molecule has 110 valence electrons. The minimum Gasteiger partial charge on any atom is -0.496 e. The van der Waals surface area contributed by atoms with Crippen LogP contribution in [0.5, 0.6) is 5.75 Å². The normalized spacial score (nSPS) is 10.2. The van der Waals surface area contributed by atoms with Crippen molar-refractivity contribution in [3.05, 3.63) is 46.3 Å². The van der Waals surface area contributed by atoms with Gasteiger partial charge in [0, 0.05) is 5.56 Å². The fourth-order valence-electron chi connectivity index (χ4n) is 1.92. The topological polar surface area (TPSA) is 75.6 Å². The van der Waals surface area contributed by atoms with Crippen LogP contribution in [-0.2, 0) is 11.2 Å². The number of carbonyl (C=O) groups is 2. The van der Waals surface area contributed by atoms with Gasteiger partial charge in [0.25, 0.3) is 0 Å². The summed E-state index contributed by atoms with van der Waals surface area (Å²) in [7, 11) is 1.56. The number of carboxylic acids is 1. The number of carboxylic acid groups (broad SMARTS) is 1. The summed E-state index contributed by atoms with van der Waals surface area (Å²) in [6.07, 6.45) is 0.172. The molecule has 0 spiro atoms. The third kappa shape index (κ3) is 3.82. The first-order chi connectivity index (χ1) is 9.99. The van der Waals surface area contributed by atoms with E-state index in [1.165, 1.54) is 6.07 Å². The second-order valence-corrected chi connectivity index (χ2v) is 5.59. The van der Waals surface area contributed by atoms with Crippen LogP contribution in [-0.4, -0.2) is 24.1 Å². The van der Waals surface area contributed by atoms with Crippen LogP contribution >= 0.6 is 11.3 Å². The van der Waals surface area contributed by atoms with Crippen molar-refractivity contribution in [2.75, 3.05) is 12.4 Å². The molecule has 0 aliphatic heterocycles. The first-order valence-corrected chi connectivity index (χ1v) is 7.07. The Bertz CT molecular complexity index is 678. The predicted octanol–water partition coefficient (Wildman–Crippen LogP) is 2.94. The number of ether oxygens (including phenoxy) is 1. The van der Waals surface area contributed by atoms with E-state index in [0.717, 1.165) is 22.5 Å².